The summed E-state index contributed by atoms with van der Waals surface area (Å²) < 4.78 is 20.0. The van der Waals surface area contributed by atoms with Crippen molar-refractivity contribution in [3.05, 3.63) is 41.8 Å². The van der Waals surface area contributed by atoms with Gasteiger partial charge in [0.05, 0.1) is 6.20 Å². The highest BCUT2D eigenvalue weighted by atomic mass is 19.1. The Morgan fingerprint density at radius 2 is 2.21 bits per heavy atom. The summed E-state index contributed by atoms with van der Waals surface area (Å²) in [5.74, 6) is -1.15. The van der Waals surface area contributed by atoms with Gasteiger partial charge >= 0.3 is 5.97 Å². The molecule has 6 heteroatoms. The van der Waals surface area contributed by atoms with Crippen LogP contribution in [0.25, 0.3) is 22.4 Å². The minimum absolute atomic E-state index is 0.0435. The number of fused-ring (bicyclic) bond motifs is 1. The van der Waals surface area contributed by atoms with Crippen molar-refractivity contribution in [1.29, 1.82) is 0 Å². The summed E-state index contributed by atoms with van der Waals surface area (Å²) in [6.07, 6.45) is 1.26. The molecule has 0 saturated carbocycles. The zero-order valence-electron chi connectivity index (χ0n) is 9.92. The van der Waals surface area contributed by atoms with Gasteiger partial charge in [0.15, 0.2) is 5.76 Å². The molecule has 0 aliphatic rings. The topological polar surface area (TPSA) is 68.3 Å². The van der Waals surface area contributed by atoms with Crippen molar-refractivity contribution in [1.82, 2.24) is 9.78 Å². The van der Waals surface area contributed by atoms with Crippen LogP contribution in [-0.4, -0.2) is 20.9 Å². The summed E-state index contributed by atoms with van der Waals surface area (Å²) in [5.41, 5.74) is 0.763. The molecular weight excluding hydrogens is 251 g/mol. The highest BCUT2D eigenvalue weighted by Crippen LogP contribution is 2.30. The van der Waals surface area contributed by atoms with Crippen LogP contribution in [0, 0.1) is 5.82 Å². The van der Waals surface area contributed by atoms with E-state index in [9.17, 15) is 9.18 Å². The summed E-state index contributed by atoms with van der Waals surface area (Å²) in [6.45, 7) is 0. The van der Waals surface area contributed by atoms with Crippen molar-refractivity contribution in [2.45, 2.75) is 0 Å². The van der Waals surface area contributed by atoms with E-state index in [1.54, 1.807) is 19.2 Å². The van der Waals surface area contributed by atoms with E-state index in [4.69, 9.17) is 9.52 Å². The normalized spacial score (nSPS) is 11.1. The fourth-order valence-electron chi connectivity index (χ4n) is 2.01. The van der Waals surface area contributed by atoms with Crippen molar-refractivity contribution in [3.63, 3.8) is 0 Å². The van der Waals surface area contributed by atoms with Crippen LogP contribution in [0.5, 0.6) is 0 Å². The van der Waals surface area contributed by atoms with Gasteiger partial charge in [0.25, 0.3) is 0 Å². The predicted octanol–water partition coefficient (Wildman–Crippen LogP) is 2.67. The Kier molecular flexibility index (Phi) is 2.38. The molecule has 96 valence electrons. The molecule has 2 heterocycles. The Labute approximate surface area is 106 Å². The minimum Gasteiger partial charge on any atom is -0.478 e. The Bertz CT molecular complexity index is 788. The molecule has 0 radical (unpaired) electrons. The maximum Gasteiger partial charge on any atom is 0.339 e. The Morgan fingerprint density at radius 1 is 1.42 bits per heavy atom. The number of aromatic carboxylic acids is 1. The van der Waals surface area contributed by atoms with Gasteiger partial charge in [-0.1, -0.05) is 0 Å². The molecule has 2 aromatic heterocycles. The Hall–Kier alpha value is -2.63. The van der Waals surface area contributed by atoms with Gasteiger partial charge in [-0.2, -0.15) is 5.10 Å². The molecule has 0 spiro atoms. The molecule has 0 fully saturated rings. The van der Waals surface area contributed by atoms with Gasteiger partial charge in [0.2, 0.25) is 0 Å². The largest absolute Gasteiger partial charge is 0.478 e. The first kappa shape index (κ1) is 11.5. The van der Waals surface area contributed by atoms with Gasteiger partial charge in [-0.25, -0.2) is 9.18 Å². The summed E-state index contributed by atoms with van der Waals surface area (Å²) in [7, 11) is 1.62. The van der Waals surface area contributed by atoms with Crippen molar-refractivity contribution < 1.29 is 18.7 Å². The minimum atomic E-state index is -1.09. The molecule has 0 amide bonds. The number of aryl methyl sites for hydroxylation is 1. The number of benzene rings is 1. The van der Waals surface area contributed by atoms with Crippen molar-refractivity contribution in [3.8, 4) is 11.5 Å². The van der Waals surface area contributed by atoms with Gasteiger partial charge in [0, 0.05) is 18.5 Å². The van der Waals surface area contributed by atoms with Crippen molar-refractivity contribution in [2.75, 3.05) is 0 Å². The number of carboxylic acids is 1. The quantitative estimate of drug-likeness (QED) is 0.769. The lowest BCUT2D eigenvalue weighted by atomic mass is 10.2. The van der Waals surface area contributed by atoms with Gasteiger partial charge in [0.1, 0.15) is 22.7 Å². The van der Waals surface area contributed by atoms with Crippen LogP contribution in [-0.2, 0) is 7.05 Å². The number of aromatic nitrogens is 2. The summed E-state index contributed by atoms with van der Waals surface area (Å²) in [4.78, 5) is 11.1. The lowest BCUT2D eigenvalue weighted by molar-refractivity contribution is 0.0697. The molecule has 0 aliphatic heterocycles. The first-order valence-electron chi connectivity index (χ1n) is 5.51. The number of rotatable bonds is 2. The van der Waals surface area contributed by atoms with Gasteiger partial charge in [-0.3, -0.25) is 4.68 Å². The molecule has 0 aliphatic carbocycles. The van der Waals surface area contributed by atoms with Gasteiger partial charge in [-0.05, 0) is 18.2 Å². The van der Waals surface area contributed by atoms with E-state index in [-0.39, 0.29) is 5.56 Å². The fraction of sp³-hybridized carbons (Fsp3) is 0.0769. The maximum atomic E-state index is 13.1. The second kappa shape index (κ2) is 3.94. The molecule has 1 aromatic carbocycles. The lowest BCUT2D eigenvalue weighted by Gasteiger charge is -1.99. The van der Waals surface area contributed by atoms with Crippen LogP contribution >= 0.6 is 0 Å². The third-order valence-corrected chi connectivity index (χ3v) is 2.88. The zero-order chi connectivity index (χ0) is 13.6. The zero-order valence-corrected chi connectivity index (χ0v) is 9.92. The first-order chi connectivity index (χ1) is 9.06. The number of hydrogen-bond acceptors (Lipinski definition) is 3. The van der Waals surface area contributed by atoms with E-state index in [1.807, 2.05) is 0 Å². The van der Waals surface area contributed by atoms with Crippen molar-refractivity contribution >= 4 is 16.9 Å². The molecule has 19 heavy (non-hydrogen) atoms. The standard InChI is InChI=1S/C13H9FN2O3/c1-16-12(9(6-15-16)13(17)18)11-4-7-2-3-8(14)5-10(7)19-11/h2-6H,1H3,(H,17,18). The Morgan fingerprint density at radius 3 is 2.95 bits per heavy atom. The smallest absolute Gasteiger partial charge is 0.339 e. The van der Waals surface area contributed by atoms with Gasteiger partial charge in [-0.15, -0.1) is 0 Å². The SMILES string of the molecule is Cn1ncc(C(=O)O)c1-c1cc2ccc(F)cc2o1. The summed E-state index contributed by atoms with van der Waals surface area (Å²) >= 11 is 0. The maximum absolute atomic E-state index is 13.1. The molecule has 3 aromatic rings. The average molecular weight is 260 g/mol. The number of carbonyl (C=O) groups is 1. The highest BCUT2D eigenvalue weighted by molar-refractivity contribution is 5.95. The fourth-order valence-corrected chi connectivity index (χ4v) is 2.01. The van der Waals surface area contributed by atoms with Crippen LogP contribution in [0.4, 0.5) is 4.39 Å². The van der Waals surface area contributed by atoms with E-state index >= 15 is 0 Å². The predicted molar refractivity (Wildman–Crippen MR) is 65.3 cm³/mol. The number of halogens is 1. The second-order valence-corrected chi connectivity index (χ2v) is 4.13. The Balaban J connectivity index is 2.24. The molecule has 0 saturated heterocycles. The van der Waals surface area contributed by atoms with E-state index < -0.39 is 11.8 Å². The van der Waals surface area contributed by atoms with E-state index in [2.05, 4.69) is 5.10 Å². The lowest BCUT2D eigenvalue weighted by Crippen LogP contribution is -1.99. The first-order valence-corrected chi connectivity index (χ1v) is 5.51. The van der Waals surface area contributed by atoms with Crippen LogP contribution in [0.1, 0.15) is 10.4 Å². The number of furan rings is 1. The average Bonchev–Trinajstić information content (AvgIpc) is 2.91. The molecule has 0 bridgehead atoms. The van der Waals surface area contributed by atoms with E-state index in [0.29, 0.717) is 22.4 Å². The van der Waals surface area contributed by atoms with Crippen LogP contribution in [0.3, 0.4) is 0 Å². The number of carboxylic acid groups (broad SMARTS) is 1. The van der Waals surface area contributed by atoms with Crippen molar-refractivity contribution in [2.24, 2.45) is 7.05 Å². The van der Waals surface area contributed by atoms with Crippen LogP contribution in [0.15, 0.2) is 34.9 Å². The molecule has 3 rings (SSSR count). The highest BCUT2D eigenvalue weighted by Gasteiger charge is 2.20. The molecule has 1 N–H and O–H groups in total. The molecule has 0 unspecified atom stereocenters. The monoisotopic (exact) mass is 260 g/mol. The summed E-state index contributed by atoms with van der Waals surface area (Å²) in [5, 5.41) is 13.7. The van der Waals surface area contributed by atoms with Gasteiger partial charge < -0.3 is 9.52 Å². The third-order valence-electron chi connectivity index (χ3n) is 2.88. The summed E-state index contributed by atoms with van der Waals surface area (Å²) in [6, 6.07) is 5.82. The molecule has 0 atom stereocenters. The molecule has 5 nitrogen and oxygen atoms in total. The molecular formula is C13H9FN2O3. The third kappa shape index (κ3) is 1.77. The van der Waals surface area contributed by atoms with Crippen LogP contribution < -0.4 is 0 Å². The number of hydrogen-bond donors (Lipinski definition) is 1. The second-order valence-electron chi connectivity index (χ2n) is 4.13. The van der Waals surface area contributed by atoms with E-state index in [1.165, 1.54) is 23.0 Å². The van der Waals surface area contributed by atoms with E-state index in [0.717, 1.165) is 0 Å². The number of nitrogens with zero attached hydrogens (tertiary/aromatic N) is 2. The van der Waals surface area contributed by atoms with Crippen LogP contribution in [0.2, 0.25) is 0 Å².